The molecule has 1 heterocycles. The zero-order valence-electron chi connectivity index (χ0n) is 34.4. The van der Waals surface area contributed by atoms with Gasteiger partial charge in [-0.3, -0.25) is 0 Å². The molecule has 61 heavy (non-hydrogen) atoms. The summed E-state index contributed by atoms with van der Waals surface area (Å²) in [6.07, 6.45) is 6.83. The van der Waals surface area contributed by atoms with Gasteiger partial charge in [0, 0.05) is 38.9 Å². The molecule has 0 N–H and O–H groups in total. The molecule has 2 heteroatoms. The summed E-state index contributed by atoms with van der Waals surface area (Å²) >= 11 is 0. The van der Waals surface area contributed by atoms with Gasteiger partial charge in [-0.2, -0.15) is 0 Å². The van der Waals surface area contributed by atoms with Crippen LogP contribution in [0.25, 0.3) is 27.5 Å². The van der Waals surface area contributed by atoms with Gasteiger partial charge in [-0.15, -0.1) is 0 Å². The Morgan fingerprint density at radius 2 is 0.836 bits per heavy atom. The van der Waals surface area contributed by atoms with Crippen molar-refractivity contribution in [3.63, 3.8) is 0 Å². The molecule has 0 aliphatic heterocycles. The van der Waals surface area contributed by atoms with Crippen LogP contribution in [0.5, 0.6) is 0 Å². The minimum atomic E-state index is -0.507. The van der Waals surface area contributed by atoms with Gasteiger partial charge in [-0.1, -0.05) is 146 Å². The first kappa shape index (κ1) is 35.1. The molecule has 0 atom stereocenters. The first-order valence-corrected chi connectivity index (χ1v) is 22.5. The van der Waals surface area contributed by atoms with E-state index in [4.69, 9.17) is 0 Å². The van der Waals surface area contributed by atoms with Gasteiger partial charge in [0.1, 0.15) is 0 Å². The lowest BCUT2D eigenvalue weighted by Gasteiger charge is -2.65. The molecule has 2 nitrogen and oxygen atoms in total. The van der Waals surface area contributed by atoms with Crippen LogP contribution < -0.4 is 4.90 Å². The van der Waals surface area contributed by atoms with Crippen LogP contribution in [0.3, 0.4) is 0 Å². The summed E-state index contributed by atoms with van der Waals surface area (Å²) in [6, 6.07) is 78.1. The maximum atomic E-state index is 2.62. The third kappa shape index (κ3) is 4.91. The molecule has 0 radical (unpaired) electrons. The second-order valence-corrected chi connectivity index (χ2v) is 18.5. The van der Waals surface area contributed by atoms with E-state index in [-0.39, 0.29) is 5.41 Å². The molecule has 0 unspecified atom stereocenters. The highest BCUT2D eigenvalue weighted by Gasteiger charge is 2.63. The van der Waals surface area contributed by atoms with E-state index >= 15 is 0 Å². The maximum Gasteiger partial charge on any atom is 0.0708 e. The molecule has 4 fully saturated rings. The lowest BCUT2D eigenvalue weighted by atomic mass is 9.38. The molecule has 4 saturated carbocycles. The molecule has 0 saturated heterocycles. The number of hydrogen-bond donors (Lipinski definition) is 0. The number of fused-ring (bicyclic) bond motifs is 5. The molecule has 5 aliphatic carbocycles. The number of benzene rings is 8. The van der Waals surface area contributed by atoms with Crippen molar-refractivity contribution in [3.8, 4) is 5.69 Å². The molecular formula is C59H48N2. The van der Waals surface area contributed by atoms with Crippen LogP contribution >= 0.6 is 0 Å². The topological polar surface area (TPSA) is 8.17 Å². The number of para-hydroxylation sites is 3. The Morgan fingerprint density at radius 1 is 0.377 bits per heavy atom. The highest BCUT2D eigenvalue weighted by atomic mass is 15.1. The summed E-state index contributed by atoms with van der Waals surface area (Å²) in [4.78, 5) is 2.49. The van der Waals surface area contributed by atoms with Crippen molar-refractivity contribution >= 4 is 38.9 Å². The van der Waals surface area contributed by atoms with Crippen molar-refractivity contribution in [1.29, 1.82) is 0 Å². The molecule has 1 aromatic heterocycles. The number of rotatable bonds is 6. The van der Waals surface area contributed by atoms with Gasteiger partial charge < -0.3 is 9.47 Å². The van der Waals surface area contributed by atoms with Crippen LogP contribution in [-0.4, -0.2) is 4.57 Å². The Labute approximate surface area is 358 Å². The first-order valence-electron chi connectivity index (χ1n) is 22.5. The van der Waals surface area contributed by atoms with Crippen molar-refractivity contribution in [2.75, 3.05) is 4.90 Å². The van der Waals surface area contributed by atoms with Crippen molar-refractivity contribution in [2.45, 2.75) is 42.9 Å². The van der Waals surface area contributed by atoms with Gasteiger partial charge in [0.15, 0.2) is 0 Å². The number of aromatic nitrogens is 1. The monoisotopic (exact) mass is 784 g/mol. The van der Waals surface area contributed by atoms with E-state index in [0.717, 1.165) is 28.9 Å². The molecule has 8 aromatic carbocycles. The summed E-state index contributed by atoms with van der Waals surface area (Å²) in [6.45, 7) is 0. The zero-order chi connectivity index (χ0) is 40.1. The van der Waals surface area contributed by atoms with E-state index in [1.807, 2.05) is 0 Å². The average molecular weight is 785 g/mol. The van der Waals surface area contributed by atoms with E-state index in [1.165, 1.54) is 81.9 Å². The van der Waals surface area contributed by atoms with Crippen LogP contribution in [0.2, 0.25) is 0 Å². The lowest BCUT2D eigenvalue weighted by molar-refractivity contribution is -0.0440. The maximum absolute atomic E-state index is 2.62. The second-order valence-electron chi connectivity index (χ2n) is 18.5. The van der Waals surface area contributed by atoms with Crippen molar-refractivity contribution < 1.29 is 0 Å². The Balaban J connectivity index is 1.06. The smallest absolute Gasteiger partial charge is 0.0708 e. The third-order valence-corrected chi connectivity index (χ3v) is 15.7. The highest BCUT2D eigenvalue weighted by molar-refractivity contribution is 6.09. The Hall–Kier alpha value is -6.64. The molecule has 14 rings (SSSR count). The number of nitrogens with zero attached hydrogens (tertiary/aromatic N) is 2. The van der Waals surface area contributed by atoms with Crippen LogP contribution in [0.15, 0.2) is 206 Å². The van der Waals surface area contributed by atoms with Crippen molar-refractivity contribution in [1.82, 2.24) is 4.57 Å². The number of anilines is 3. The minimum absolute atomic E-state index is 0.00747. The molecule has 4 bridgehead atoms. The van der Waals surface area contributed by atoms with Gasteiger partial charge in [-0.05, 0) is 150 Å². The van der Waals surface area contributed by atoms with E-state index < -0.39 is 5.41 Å². The fourth-order valence-electron chi connectivity index (χ4n) is 13.8. The van der Waals surface area contributed by atoms with Gasteiger partial charge >= 0.3 is 0 Å². The molecule has 0 amide bonds. The van der Waals surface area contributed by atoms with Gasteiger partial charge in [0.25, 0.3) is 0 Å². The standard InChI is InChI=1S/C59H48N2/c1-4-16-42(17-5-1)58(43-18-6-2-7-19-43)52-24-12-13-25-53(52)59(44-35-40-34-41(37-44)38-45(59)36-40)54-33-32-49(39-55(54)58)60(46-20-8-3-9-21-46)47-28-30-48(31-29-47)61-56-26-14-10-22-50(56)51-23-11-15-27-57(51)61/h1-33,39-41,44-45H,34-38H2. The van der Waals surface area contributed by atoms with Gasteiger partial charge in [0.2, 0.25) is 0 Å². The predicted octanol–water partition coefficient (Wildman–Crippen LogP) is 14.7. The van der Waals surface area contributed by atoms with Crippen LogP contribution in [0.1, 0.15) is 65.5 Å². The van der Waals surface area contributed by atoms with Crippen LogP contribution in [-0.2, 0) is 10.8 Å². The second kappa shape index (κ2) is 13.4. The van der Waals surface area contributed by atoms with Gasteiger partial charge in [0.05, 0.1) is 16.4 Å². The zero-order valence-corrected chi connectivity index (χ0v) is 34.4. The van der Waals surface area contributed by atoms with E-state index in [2.05, 4.69) is 216 Å². The Kier molecular flexibility index (Phi) is 7.74. The van der Waals surface area contributed by atoms with Crippen molar-refractivity contribution in [3.05, 3.63) is 240 Å². The summed E-state index contributed by atoms with van der Waals surface area (Å²) in [5.41, 5.74) is 15.3. The van der Waals surface area contributed by atoms with Crippen LogP contribution in [0, 0.1) is 23.7 Å². The lowest BCUT2D eigenvalue weighted by Crippen LogP contribution is -2.59. The highest BCUT2D eigenvalue weighted by Crippen LogP contribution is 2.70. The SMILES string of the molecule is c1ccc(N(c2ccc(-n3c4ccccc4c4ccccc43)cc2)c2ccc3c(c2)C(c2ccccc2)(c2ccccc2)c2ccccc2C32C3CC4CC(C3)CC2C4)cc1. The Bertz CT molecular complexity index is 2970. The third-order valence-electron chi connectivity index (χ3n) is 15.7. The molecule has 9 aromatic rings. The molecule has 5 aliphatic rings. The van der Waals surface area contributed by atoms with E-state index in [9.17, 15) is 0 Å². The largest absolute Gasteiger partial charge is 0.310 e. The van der Waals surface area contributed by atoms with Gasteiger partial charge in [-0.25, -0.2) is 0 Å². The Morgan fingerprint density at radius 3 is 1.43 bits per heavy atom. The first-order chi connectivity index (χ1) is 30.2. The van der Waals surface area contributed by atoms with E-state index in [0.29, 0.717) is 11.8 Å². The average Bonchev–Trinajstić information content (AvgIpc) is 3.66. The molecule has 1 spiro atoms. The van der Waals surface area contributed by atoms with Crippen LogP contribution in [0.4, 0.5) is 17.1 Å². The normalized spacial score (nSPS) is 23.0. The summed E-state index contributed by atoms with van der Waals surface area (Å²) in [5.74, 6) is 3.05. The fourth-order valence-corrected chi connectivity index (χ4v) is 13.8. The van der Waals surface area contributed by atoms with Crippen molar-refractivity contribution in [2.24, 2.45) is 23.7 Å². The predicted molar refractivity (Wildman–Crippen MR) is 252 cm³/mol. The summed E-state index contributed by atoms with van der Waals surface area (Å²) in [5, 5.41) is 2.56. The van der Waals surface area contributed by atoms with E-state index in [1.54, 1.807) is 11.1 Å². The summed E-state index contributed by atoms with van der Waals surface area (Å²) < 4.78 is 2.41. The summed E-state index contributed by atoms with van der Waals surface area (Å²) in [7, 11) is 0. The minimum Gasteiger partial charge on any atom is -0.310 e. The number of hydrogen-bond acceptors (Lipinski definition) is 1. The fraction of sp³-hybridized carbons (Fsp3) is 0.186. The molecular weight excluding hydrogens is 737 g/mol. The molecule has 294 valence electrons. The quantitative estimate of drug-likeness (QED) is 0.163.